The molecule has 7 nitrogen and oxygen atoms in total. The molecule has 4 rings (SSSR count). The molecule has 2 heterocycles. The van der Waals surface area contributed by atoms with E-state index in [0.717, 1.165) is 33.3 Å². The summed E-state index contributed by atoms with van der Waals surface area (Å²) in [5, 5.41) is 11.2. The molecule has 0 aliphatic heterocycles. The number of H-pyrrole nitrogens is 1. The second kappa shape index (κ2) is 10.4. The van der Waals surface area contributed by atoms with Crippen LogP contribution in [-0.2, 0) is 16.0 Å². The lowest BCUT2D eigenvalue weighted by molar-refractivity contribution is -0.125. The zero-order valence-electron chi connectivity index (χ0n) is 19.0. The fourth-order valence-corrected chi connectivity index (χ4v) is 4.48. The van der Waals surface area contributed by atoms with Crippen molar-refractivity contribution in [3.05, 3.63) is 87.7 Å². The predicted octanol–water partition coefficient (Wildman–Crippen LogP) is 3.94. The van der Waals surface area contributed by atoms with Gasteiger partial charge >= 0.3 is 0 Å². The van der Waals surface area contributed by atoms with Gasteiger partial charge in [-0.3, -0.25) is 14.4 Å². The molecule has 0 saturated carbocycles. The molecule has 0 bridgehead atoms. The van der Waals surface area contributed by atoms with E-state index in [1.807, 2.05) is 67.9 Å². The highest BCUT2D eigenvalue weighted by atomic mass is 32.1. The number of thiophene rings is 1. The number of aromatic nitrogens is 1. The van der Waals surface area contributed by atoms with Gasteiger partial charge in [0, 0.05) is 29.2 Å². The molecule has 4 N–H and O–H groups in total. The molecular formula is C26H26N4O3S. The summed E-state index contributed by atoms with van der Waals surface area (Å²) in [7, 11) is 0. The number of carbonyl (C=O) groups is 3. The van der Waals surface area contributed by atoms with Crippen LogP contribution in [0.3, 0.4) is 0 Å². The molecule has 0 unspecified atom stereocenters. The van der Waals surface area contributed by atoms with Crippen molar-refractivity contribution in [3.8, 4) is 0 Å². The van der Waals surface area contributed by atoms with Crippen LogP contribution in [0.1, 0.15) is 26.4 Å². The summed E-state index contributed by atoms with van der Waals surface area (Å²) < 4.78 is 0. The Hall–Kier alpha value is -3.91. The van der Waals surface area contributed by atoms with Crippen LogP contribution in [0, 0.1) is 13.8 Å². The molecular weight excluding hydrogens is 448 g/mol. The molecule has 34 heavy (non-hydrogen) atoms. The van der Waals surface area contributed by atoms with Gasteiger partial charge in [0.25, 0.3) is 5.91 Å². The second-order valence-corrected chi connectivity index (χ2v) is 9.05. The van der Waals surface area contributed by atoms with Gasteiger partial charge in [-0.05, 0) is 48.1 Å². The van der Waals surface area contributed by atoms with Crippen LogP contribution in [0.2, 0.25) is 0 Å². The van der Waals surface area contributed by atoms with E-state index in [2.05, 4.69) is 20.9 Å². The van der Waals surface area contributed by atoms with E-state index in [1.54, 1.807) is 12.1 Å². The van der Waals surface area contributed by atoms with Gasteiger partial charge in [-0.1, -0.05) is 42.5 Å². The van der Waals surface area contributed by atoms with Crippen molar-refractivity contribution in [2.45, 2.75) is 26.3 Å². The highest BCUT2D eigenvalue weighted by molar-refractivity contribution is 7.12. The minimum Gasteiger partial charge on any atom is -0.361 e. The van der Waals surface area contributed by atoms with Gasteiger partial charge in [-0.25, -0.2) is 0 Å². The van der Waals surface area contributed by atoms with Crippen molar-refractivity contribution in [2.24, 2.45) is 0 Å². The van der Waals surface area contributed by atoms with Crippen molar-refractivity contribution in [3.63, 3.8) is 0 Å². The van der Waals surface area contributed by atoms with E-state index in [9.17, 15) is 14.4 Å². The number of hydrogen-bond acceptors (Lipinski definition) is 4. The van der Waals surface area contributed by atoms with Crippen LogP contribution in [0.5, 0.6) is 0 Å². The second-order valence-electron chi connectivity index (χ2n) is 8.10. The molecule has 0 spiro atoms. The maximum absolute atomic E-state index is 13.1. The van der Waals surface area contributed by atoms with Gasteiger partial charge in [0.2, 0.25) is 11.8 Å². The van der Waals surface area contributed by atoms with Gasteiger partial charge in [-0.2, -0.15) is 0 Å². The third-order valence-corrected chi connectivity index (χ3v) is 6.50. The van der Waals surface area contributed by atoms with Crippen molar-refractivity contribution >= 4 is 45.6 Å². The van der Waals surface area contributed by atoms with Gasteiger partial charge in [0.1, 0.15) is 6.04 Å². The molecule has 1 atom stereocenters. The van der Waals surface area contributed by atoms with Crippen LogP contribution >= 0.6 is 11.3 Å². The monoisotopic (exact) mass is 474 g/mol. The Balaban J connectivity index is 1.46. The number of anilines is 1. The van der Waals surface area contributed by atoms with E-state index in [-0.39, 0.29) is 24.8 Å². The number of hydrogen-bond donors (Lipinski definition) is 4. The van der Waals surface area contributed by atoms with Crippen LogP contribution in [0.4, 0.5) is 5.69 Å². The Bertz CT molecular complexity index is 1310. The first-order chi connectivity index (χ1) is 16.4. The molecule has 2 aromatic carbocycles. The summed E-state index contributed by atoms with van der Waals surface area (Å²) in [5.74, 6) is -1.08. The van der Waals surface area contributed by atoms with Crippen LogP contribution in [0.15, 0.2) is 66.2 Å². The fraction of sp³-hybridized carbons (Fsp3) is 0.192. The summed E-state index contributed by atoms with van der Waals surface area (Å²) in [6, 6.07) is 16.2. The maximum Gasteiger partial charge on any atom is 0.262 e. The van der Waals surface area contributed by atoms with Crippen LogP contribution in [-0.4, -0.2) is 35.3 Å². The van der Waals surface area contributed by atoms with E-state index in [1.165, 1.54) is 11.3 Å². The molecule has 2 aromatic heterocycles. The number of aryl methyl sites for hydroxylation is 2. The normalized spacial score (nSPS) is 11.7. The molecule has 0 aliphatic rings. The Kier molecular flexibility index (Phi) is 7.08. The standard InChI is InChI=1S/C26H26N4O3S/c1-16-7-5-8-17(2)24(16)30-23(31)15-28-25(32)21(29-26(33)22-11-6-12-34-22)13-18-14-27-20-10-4-3-9-19(18)20/h3-12,14,21,27H,13,15H2,1-2H3,(H,28,32)(H,29,33)(H,30,31)/t21-/m0/s1. The highest BCUT2D eigenvalue weighted by Gasteiger charge is 2.24. The average Bonchev–Trinajstić information content (AvgIpc) is 3.50. The van der Waals surface area contributed by atoms with Crippen molar-refractivity contribution in [2.75, 3.05) is 11.9 Å². The number of carbonyl (C=O) groups excluding carboxylic acids is 3. The predicted molar refractivity (Wildman–Crippen MR) is 135 cm³/mol. The van der Waals surface area contributed by atoms with Crippen LogP contribution in [0.25, 0.3) is 10.9 Å². The zero-order valence-corrected chi connectivity index (χ0v) is 19.8. The quantitative estimate of drug-likeness (QED) is 0.311. The van der Waals surface area contributed by atoms with Crippen molar-refractivity contribution < 1.29 is 14.4 Å². The lowest BCUT2D eigenvalue weighted by Gasteiger charge is -2.18. The summed E-state index contributed by atoms with van der Waals surface area (Å²) in [5.41, 5.74) is 4.49. The lowest BCUT2D eigenvalue weighted by atomic mass is 10.0. The third kappa shape index (κ3) is 5.35. The minimum absolute atomic E-state index is 0.203. The molecule has 8 heteroatoms. The largest absolute Gasteiger partial charge is 0.361 e. The SMILES string of the molecule is Cc1cccc(C)c1NC(=O)CNC(=O)[C@H](Cc1c[nH]c2ccccc12)NC(=O)c1cccs1. The fourth-order valence-electron chi connectivity index (χ4n) is 3.85. The summed E-state index contributed by atoms with van der Waals surface area (Å²) >= 11 is 1.30. The molecule has 0 aliphatic carbocycles. The number of rotatable bonds is 8. The van der Waals surface area contributed by atoms with Gasteiger partial charge < -0.3 is 20.9 Å². The first kappa shape index (κ1) is 23.3. The first-order valence-corrected chi connectivity index (χ1v) is 11.8. The minimum atomic E-state index is -0.846. The van der Waals surface area contributed by atoms with E-state index < -0.39 is 11.9 Å². The molecule has 0 saturated heterocycles. The topological polar surface area (TPSA) is 103 Å². The Labute approximate surface area is 201 Å². The third-order valence-electron chi connectivity index (χ3n) is 5.63. The number of nitrogens with one attached hydrogen (secondary N) is 4. The van der Waals surface area contributed by atoms with Gasteiger partial charge in [0.15, 0.2) is 0 Å². The molecule has 0 fully saturated rings. The molecule has 174 valence electrons. The first-order valence-electron chi connectivity index (χ1n) is 11.0. The number of amides is 3. The Morgan fingerprint density at radius 1 is 0.971 bits per heavy atom. The Morgan fingerprint density at radius 2 is 1.74 bits per heavy atom. The summed E-state index contributed by atoms with van der Waals surface area (Å²) in [4.78, 5) is 42.0. The summed E-state index contributed by atoms with van der Waals surface area (Å²) in [6.45, 7) is 3.63. The average molecular weight is 475 g/mol. The van der Waals surface area contributed by atoms with E-state index in [4.69, 9.17) is 0 Å². The molecule has 4 aromatic rings. The van der Waals surface area contributed by atoms with Crippen molar-refractivity contribution in [1.82, 2.24) is 15.6 Å². The summed E-state index contributed by atoms with van der Waals surface area (Å²) in [6.07, 6.45) is 2.13. The van der Waals surface area contributed by atoms with Gasteiger partial charge in [0.05, 0.1) is 11.4 Å². The number of fused-ring (bicyclic) bond motifs is 1. The van der Waals surface area contributed by atoms with Gasteiger partial charge in [-0.15, -0.1) is 11.3 Å². The lowest BCUT2D eigenvalue weighted by Crippen LogP contribution is -2.49. The molecule has 3 amide bonds. The number of benzene rings is 2. The Morgan fingerprint density at radius 3 is 2.47 bits per heavy atom. The molecule has 0 radical (unpaired) electrons. The van der Waals surface area contributed by atoms with Crippen LogP contribution < -0.4 is 16.0 Å². The van der Waals surface area contributed by atoms with E-state index in [0.29, 0.717) is 4.88 Å². The number of para-hydroxylation sites is 2. The number of aromatic amines is 1. The van der Waals surface area contributed by atoms with E-state index >= 15 is 0 Å². The zero-order chi connectivity index (χ0) is 24.1. The maximum atomic E-state index is 13.1. The van der Waals surface area contributed by atoms with Crippen molar-refractivity contribution in [1.29, 1.82) is 0 Å². The highest BCUT2D eigenvalue weighted by Crippen LogP contribution is 2.20. The smallest absolute Gasteiger partial charge is 0.262 e.